The van der Waals surface area contributed by atoms with E-state index >= 15 is 0 Å². The second-order valence-electron chi connectivity index (χ2n) is 3.67. The van der Waals surface area contributed by atoms with Gasteiger partial charge in [0.2, 0.25) is 0 Å². The fraction of sp³-hybridized carbons (Fsp3) is 0.455. The lowest BCUT2D eigenvalue weighted by Gasteiger charge is -2.24. The molecular formula is C11H18NO4P. The van der Waals surface area contributed by atoms with Crippen LogP contribution in [-0.4, -0.2) is 31.2 Å². The zero-order valence-electron chi connectivity index (χ0n) is 9.95. The van der Waals surface area contributed by atoms with E-state index in [9.17, 15) is 9.67 Å². The van der Waals surface area contributed by atoms with Crippen LogP contribution in [0.25, 0.3) is 0 Å². The van der Waals surface area contributed by atoms with Crippen molar-refractivity contribution < 1.29 is 18.7 Å². The van der Waals surface area contributed by atoms with Crippen LogP contribution in [-0.2, 0) is 20.0 Å². The lowest BCUT2D eigenvalue weighted by Crippen LogP contribution is -2.37. The molecule has 0 aliphatic rings. The van der Waals surface area contributed by atoms with E-state index in [4.69, 9.17) is 14.8 Å². The van der Waals surface area contributed by atoms with Crippen LogP contribution in [0.1, 0.15) is 5.56 Å². The Kier molecular flexibility index (Phi) is 5.31. The summed E-state index contributed by atoms with van der Waals surface area (Å²) in [5, 5.41) is 9.86. The average Bonchev–Trinajstić information content (AvgIpc) is 2.38. The molecule has 2 atom stereocenters. The summed E-state index contributed by atoms with van der Waals surface area (Å²) < 4.78 is 21.3. The Morgan fingerprint density at radius 3 is 2.29 bits per heavy atom. The van der Waals surface area contributed by atoms with Crippen LogP contribution in [0.2, 0.25) is 0 Å². The Balaban J connectivity index is 2.71. The Hall–Kier alpha value is -0.710. The van der Waals surface area contributed by atoms with Crippen LogP contribution in [0.3, 0.4) is 0 Å². The van der Waals surface area contributed by atoms with Crippen molar-refractivity contribution in [2.45, 2.75) is 18.3 Å². The van der Waals surface area contributed by atoms with E-state index in [0.717, 1.165) is 5.56 Å². The number of aliphatic hydroxyl groups is 1. The standard InChI is InChI=1S/C11H18NO4P/c1-15-17(14,16-2)11(13)10(12)8-9-6-4-3-5-7-9/h3-7,10-11,13H,8,12H2,1-2H3/t10?,11-/m0/s1. The predicted octanol–water partition coefficient (Wildman–Crippen LogP) is 1.36. The summed E-state index contributed by atoms with van der Waals surface area (Å²) >= 11 is 0. The molecule has 0 aliphatic heterocycles. The molecule has 1 rings (SSSR count). The van der Waals surface area contributed by atoms with Crippen LogP contribution in [0, 0.1) is 0 Å². The number of hydrogen-bond donors (Lipinski definition) is 2. The molecule has 5 nitrogen and oxygen atoms in total. The monoisotopic (exact) mass is 259 g/mol. The third-order valence-corrected chi connectivity index (χ3v) is 4.58. The van der Waals surface area contributed by atoms with Gasteiger partial charge in [0.1, 0.15) is 0 Å². The molecule has 1 unspecified atom stereocenters. The summed E-state index contributed by atoms with van der Waals surface area (Å²) in [5.74, 6) is -1.34. The summed E-state index contributed by atoms with van der Waals surface area (Å²) in [5.41, 5.74) is 6.76. The lowest BCUT2D eigenvalue weighted by molar-refractivity contribution is 0.154. The number of rotatable bonds is 6. The van der Waals surface area contributed by atoms with Crippen molar-refractivity contribution in [3.63, 3.8) is 0 Å². The van der Waals surface area contributed by atoms with Crippen molar-refractivity contribution in [1.29, 1.82) is 0 Å². The topological polar surface area (TPSA) is 81.8 Å². The first-order valence-electron chi connectivity index (χ1n) is 5.22. The molecule has 0 amide bonds. The van der Waals surface area contributed by atoms with E-state index in [-0.39, 0.29) is 0 Å². The van der Waals surface area contributed by atoms with E-state index in [0.29, 0.717) is 6.42 Å². The van der Waals surface area contributed by atoms with Gasteiger partial charge < -0.3 is 19.9 Å². The first-order valence-corrected chi connectivity index (χ1v) is 6.83. The first kappa shape index (κ1) is 14.4. The zero-order chi connectivity index (χ0) is 12.9. The summed E-state index contributed by atoms with van der Waals surface area (Å²) in [7, 11) is -1.08. The van der Waals surface area contributed by atoms with E-state index in [1.807, 2.05) is 30.3 Å². The fourth-order valence-electron chi connectivity index (χ4n) is 1.52. The maximum atomic E-state index is 11.9. The van der Waals surface area contributed by atoms with Crippen molar-refractivity contribution >= 4 is 7.60 Å². The SMILES string of the molecule is COP(=O)(OC)[C@H](O)C(N)Cc1ccccc1. The van der Waals surface area contributed by atoms with Crippen LogP contribution >= 0.6 is 7.60 Å². The van der Waals surface area contributed by atoms with E-state index in [1.54, 1.807) is 0 Å². The molecule has 0 aromatic heterocycles. The molecule has 1 aromatic rings. The second-order valence-corrected chi connectivity index (χ2v) is 6.01. The van der Waals surface area contributed by atoms with E-state index in [2.05, 4.69) is 0 Å². The smallest absolute Gasteiger partial charge is 0.359 e. The van der Waals surface area contributed by atoms with Crippen molar-refractivity contribution in [3.8, 4) is 0 Å². The van der Waals surface area contributed by atoms with Crippen LogP contribution in [0.5, 0.6) is 0 Å². The molecule has 0 saturated heterocycles. The fourth-order valence-corrected chi connectivity index (χ4v) is 2.67. The van der Waals surface area contributed by atoms with Crippen LogP contribution in [0.4, 0.5) is 0 Å². The highest BCUT2D eigenvalue weighted by Gasteiger charge is 2.36. The van der Waals surface area contributed by atoms with Gasteiger partial charge in [0.05, 0.1) is 0 Å². The predicted molar refractivity (Wildman–Crippen MR) is 65.8 cm³/mol. The maximum absolute atomic E-state index is 11.9. The number of hydrogen-bond acceptors (Lipinski definition) is 5. The molecule has 1 aromatic carbocycles. The number of benzene rings is 1. The Labute approximate surface area is 101 Å². The summed E-state index contributed by atoms with van der Waals surface area (Å²) in [6.07, 6.45) is 0.402. The first-order chi connectivity index (χ1) is 8.03. The average molecular weight is 259 g/mol. The molecule has 96 valence electrons. The maximum Gasteiger partial charge on any atom is 0.359 e. The van der Waals surface area contributed by atoms with Gasteiger partial charge in [0, 0.05) is 20.3 Å². The van der Waals surface area contributed by atoms with Gasteiger partial charge >= 0.3 is 7.60 Å². The molecule has 3 N–H and O–H groups in total. The zero-order valence-corrected chi connectivity index (χ0v) is 10.8. The minimum atomic E-state index is -3.53. The molecule has 0 aliphatic carbocycles. The second kappa shape index (κ2) is 6.28. The third kappa shape index (κ3) is 3.63. The van der Waals surface area contributed by atoms with Crippen molar-refractivity contribution in [1.82, 2.24) is 0 Å². The largest absolute Gasteiger partial charge is 0.379 e. The summed E-state index contributed by atoms with van der Waals surface area (Å²) in [6.45, 7) is 0. The Morgan fingerprint density at radius 2 is 1.82 bits per heavy atom. The summed E-state index contributed by atoms with van der Waals surface area (Å²) in [6, 6.07) is 8.71. The van der Waals surface area contributed by atoms with Crippen molar-refractivity contribution in [2.75, 3.05) is 14.2 Å². The van der Waals surface area contributed by atoms with Gasteiger partial charge in [-0.2, -0.15) is 0 Å². The van der Waals surface area contributed by atoms with Gasteiger partial charge in [0.25, 0.3) is 0 Å². The van der Waals surface area contributed by atoms with Crippen LogP contribution in [0.15, 0.2) is 30.3 Å². The van der Waals surface area contributed by atoms with Crippen molar-refractivity contribution in [2.24, 2.45) is 5.73 Å². The molecule has 0 bridgehead atoms. The highest BCUT2D eigenvalue weighted by molar-refractivity contribution is 7.54. The van der Waals surface area contributed by atoms with E-state index < -0.39 is 19.5 Å². The molecule has 0 fully saturated rings. The van der Waals surface area contributed by atoms with Gasteiger partial charge in [0.15, 0.2) is 5.85 Å². The van der Waals surface area contributed by atoms with Gasteiger partial charge in [-0.05, 0) is 12.0 Å². The molecule has 0 radical (unpaired) electrons. The molecule has 0 spiro atoms. The Bertz CT molecular complexity index is 376. The van der Waals surface area contributed by atoms with Crippen molar-refractivity contribution in [3.05, 3.63) is 35.9 Å². The molecule has 6 heteroatoms. The highest BCUT2D eigenvalue weighted by Crippen LogP contribution is 2.51. The minimum Gasteiger partial charge on any atom is -0.379 e. The normalized spacial score (nSPS) is 15.5. The van der Waals surface area contributed by atoms with Gasteiger partial charge in [-0.3, -0.25) is 4.57 Å². The molecule has 0 heterocycles. The lowest BCUT2D eigenvalue weighted by atomic mass is 10.1. The number of nitrogens with two attached hydrogens (primary N) is 1. The minimum absolute atomic E-state index is 0.402. The number of aliphatic hydroxyl groups excluding tert-OH is 1. The van der Waals surface area contributed by atoms with Gasteiger partial charge in [-0.15, -0.1) is 0 Å². The third-order valence-electron chi connectivity index (χ3n) is 2.53. The van der Waals surface area contributed by atoms with Gasteiger partial charge in [-0.25, -0.2) is 0 Å². The molecule has 17 heavy (non-hydrogen) atoms. The molecular weight excluding hydrogens is 241 g/mol. The Morgan fingerprint density at radius 1 is 1.29 bits per heavy atom. The molecule has 0 saturated carbocycles. The quantitative estimate of drug-likeness (QED) is 0.754. The van der Waals surface area contributed by atoms with E-state index in [1.165, 1.54) is 14.2 Å². The highest BCUT2D eigenvalue weighted by atomic mass is 31.2. The van der Waals surface area contributed by atoms with Crippen LogP contribution < -0.4 is 5.73 Å². The summed E-state index contributed by atoms with van der Waals surface area (Å²) in [4.78, 5) is 0. The van der Waals surface area contributed by atoms with Gasteiger partial charge in [-0.1, -0.05) is 30.3 Å².